The Bertz CT molecular complexity index is 1550. The Morgan fingerprint density at radius 1 is 1.25 bits per heavy atom. The monoisotopic (exact) mass is 518 g/mol. The minimum absolute atomic E-state index is 0.0221. The molecule has 0 saturated heterocycles. The first kappa shape index (κ1) is 24.4. The van der Waals surface area contributed by atoms with Crippen LogP contribution < -0.4 is 16.2 Å². The zero-order valence-electron chi connectivity index (χ0n) is 19.5. The van der Waals surface area contributed by atoms with Gasteiger partial charge in [-0.15, -0.1) is 0 Å². The summed E-state index contributed by atoms with van der Waals surface area (Å²) in [5, 5.41) is 17.2. The van der Waals surface area contributed by atoms with E-state index in [9.17, 15) is 19.3 Å². The summed E-state index contributed by atoms with van der Waals surface area (Å²) in [4.78, 5) is 48.4. The number of benzene rings is 1. The summed E-state index contributed by atoms with van der Waals surface area (Å²) in [6.07, 6.45) is -0.441. The molecule has 1 aromatic carbocycles. The van der Waals surface area contributed by atoms with Crippen LogP contribution in [0.4, 0.5) is 15.8 Å². The van der Waals surface area contributed by atoms with Crippen molar-refractivity contribution in [2.45, 2.75) is 32.1 Å². The predicted molar refractivity (Wildman–Crippen MR) is 129 cm³/mol. The highest BCUT2D eigenvalue weighted by Crippen LogP contribution is 2.41. The van der Waals surface area contributed by atoms with Crippen molar-refractivity contribution in [3.8, 4) is 11.4 Å². The summed E-state index contributed by atoms with van der Waals surface area (Å²) in [5.41, 5.74) is 0.275. The van der Waals surface area contributed by atoms with E-state index in [-0.39, 0.29) is 42.9 Å². The Morgan fingerprint density at radius 2 is 2.00 bits per heavy atom. The van der Waals surface area contributed by atoms with E-state index >= 15 is 4.39 Å². The number of pyridine rings is 2. The lowest BCUT2D eigenvalue weighted by Crippen LogP contribution is -2.44. The average molecular weight is 518 g/mol. The molecule has 13 heteroatoms. The molecule has 0 bridgehead atoms. The predicted octanol–water partition coefficient (Wildman–Crippen LogP) is 1.85. The Balaban J connectivity index is 1.65. The summed E-state index contributed by atoms with van der Waals surface area (Å²) >= 11 is 0. The van der Waals surface area contributed by atoms with E-state index in [0.29, 0.717) is 33.5 Å². The second-order valence-electron chi connectivity index (χ2n) is 8.84. The number of anilines is 2. The van der Waals surface area contributed by atoms with Crippen LogP contribution in [0.15, 0.2) is 23.0 Å². The fourth-order valence-electron chi connectivity index (χ4n) is 4.85. The normalized spacial score (nSPS) is 18.4. The van der Waals surface area contributed by atoms with Gasteiger partial charge < -0.3 is 34.8 Å². The van der Waals surface area contributed by atoms with Crippen molar-refractivity contribution < 1.29 is 33.4 Å². The number of nitrogens with one attached hydrogen (secondary N) is 2. The van der Waals surface area contributed by atoms with Crippen molar-refractivity contribution in [3.05, 3.63) is 51.1 Å². The number of cyclic esters (lactones) is 1. The maximum absolute atomic E-state index is 15.0. The largest absolute Gasteiger partial charge is 0.458 e. The molecule has 5 rings (SSSR count). The number of esters is 1. The number of rotatable bonds is 6. The number of aromatic nitrogens is 2. The van der Waals surface area contributed by atoms with Gasteiger partial charge in [-0.1, -0.05) is 6.92 Å². The van der Waals surface area contributed by atoms with Crippen molar-refractivity contribution in [1.82, 2.24) is 9.55 Å². The van der Waals surface area contributed by atoms with E-state index in [1.54, 1.807) is 26.1 Å². The molecule has 2 aliphatic rings. The molecule has 3 aromatic rings. The second-order valence-corrected chi connectivity index (χ2v) is 10.6. The van der Waals surface area contributed by atoms with Crippen molar-refractivity contribution in [2.75, 3.05) is 30.4 Å². The van der Waals surface area contributed by atoms with Crippen LogP contribution in [0, 0.1) is 5.82 Å². The molecule has 11 nitrogen and oxygen atoms in total. The van der Waals surface area contributed by atoms with Crippen LogP contribution in [0.5, 0.6) is 0 Å². The quantitative estimate of drug-likeness (QED) is 0.188. The van der Waals surface area contributed by atoms with Gasteiger partial charge in [-0.3, -0.25) is 9.36 Å². The lowest BCUT2D eigenvalue weighted by molar-refractivity contribution is -0.172. The van der Waals surface area contributed by atoms with E-state index in [0.717, 1.165) is 0 Å². The molecule has 1 atom stereocenters. The van der Waals surface area contributed by atoms with Crippen LogP contribution in [0.1, 0.15) is 30.0 Å². The smallest absolute Gasteiger partial charge is 0.343 e. The molecule has 0 radical (unpaired) electrons. The zero-order chi connectivity index (χ0) is 26.0. The Labute approximate surface area is 204 Å². The molecule has 0 unspecified atom stereocenters. The summed E-state index contributed by atoms with van der Waals surface area (Å²) in [6, 6.07) is 4.56. The van der Waals surface area contributed by atoms with Gasteiger partial charge in [0.2, 0.25) is 0 Å². The summed E-state index contributed by atoms with van der Waals surface area (Å²) in [6.45, 7) is 1.42. The lowest BCUT2D eigenvalue weighted by Gasteiger charge is -2.31. The summed E-state index contributed by atoms with van der Waals surface area (Å²) in [5.74, 6) is -1.49. The molecular weight excluding hydrogens is 494 g/mol. The number of ether oxygens (including phenoxy) is 1. The van der Waals surface area contributed by atoms with E-state index in [1.807, 2.05) is 0 Å². The van der Waals surface area contributed by atoms with E-state index in [1.165, 1.54) is 10.6 Å². The number of fused-ring (bicyclic) bond motifs is 5. The minimum atomic E-state index is -4.26. The maximum Gasteiger partial charge on any atom is 0.343 e. The summed E-state index contributed by atoms with van der Waals surface area (Å²) < 4.78 is 32.8. The van der Waals surface area contributed by atoms with Crippen LogP contribution in [0.2, 0.25) is 0 Å². The van der Waals surface area contributed by atoms with Crippen molar-refractivity contribution in [2.24, 2.45) is 0 Å². The van der Waals surface area contributed by atoms with E-state index < -0.39 is 36.7 Å². The molecule has 36 heavy (non-hydrogen) atoms. The topological polar surface area (TPSA) is 163 Å². The van der Waals surface area contributed by atoms with Crippen LogP contribution in [-0.2, 0) is 32.8 Å². The fraction of sp³-hybridized carbons (Fsp3) is 0.348. The van der Waals surface area contributed by atoms with Crippen LogP contribution in [0.25, 0.3) is 22.3 Å². The Hall–Kier alpha value is -3.31. The Kier molecular flexibility index (Phi) is 5.68. The van der Waals surface area contributed by atoms with Crippen molar-refractivity contribution in [3.63, 3.8) is 0 Å². The molecule has 0 spiro atoms. The van der Waals surface area contributed by atoms with Gasteiger partial charge in [0.25, 0.3) is 5.56 Å². The van der Waals surface area contributed by atoms with Crippen LogP contribution in [0.3, 0.4) is 0 Å². The lowest BCUT2D eigenvalue weighted by atomic mass is 9.86. The first-order valence-corrected chi connectivity index (χ1v) is 13.1. The number of hydrogen-bond acceptors (Lipinski definition) is 8. The maximum atomic E-state index is 15.0. The standard InChI is InChI=1S/C23H24FN4O7P/c1-3-23(31)14-7-17-18-11(9-28(17)21(29)13(14)10-35-22(23)30)6-12-16(27-18)8-15(24)20(19(12)25-2)26-4-5-36(32,33)34/h6-8,25-26,31H,3-5,9-10H2,1-2H3,(H2,32,33,34)/t23-/m0/s1. The highest BCUT2D eigenvalue weighted by molar-refractivity contribution is 7.51. The number of nitrogens with zero attached hydrogens (tertiary/aromatic N) is 2. The number of carbonyl (C=O) groups excluding carboxylic acids is 1. The molecule has 2 aromatic heterocycles. The first-order chi connectivity index (χ1) is 17.0. The molecule has 0 fully saturated rings. The third kappa shape index (κ3) is 3.68. The zero-order valence-corrected chi connectivity index (χ0v) is 20.4. The average Bonchev–Trinajstić information content (AvgIpc) is 3.18. The van der Waals surface area contributed by atoms with Gasteiger partial charge in [0, 0.05) is 36.2 Å². The highest BCUT2D eigenvalue weighted by atomic mass is 31.2. The fourth-order valence-corrected chi connectivity index (χ4v) is 5.25. The molecule has 0 aliphatic carbocycles. The van der Waals surface area contributed by atoms with Gasteiger partial charge in [-0.05, 0) is 18.6 Å². The summed E-state index contributed by atoms with van der Waals surface area (Å²) in [7, 11) is -2.67. The van der Waals surface area contributed by atoms with Crippen molar-refractivity contribution >= 4 is 35.8 Å². The molecule has 5 N–H and O–H groups in total. The van der Waals surface area contributed by atoms with Gasteiger partial charge in [0.05, 0.1) is 46.5 Å². The van der Waals surface area contributed by atoms with Crippen LogP contribution in [-0.4, -0.2) is 50.2 Å². The van der Waals surface area contributed by atoms with Gasteiger partial charge in [0.1, 0.15) is 6.61 Å². The molecule has 190 valence electrons. The highest BCUT2D eigenvalue weighted by Gasteiger charge is 2.45. The van der Waals surface area contributed by atoms with Gasteiger partial charge in [-0.2, -0.15) is 0 Å². The van der Waals surface area contributed by atoms with Gasteiger partial charge >= 0.3 is 13.6 Å². The third-order valence-electron chi connectivity index (χ3n) is 6.72. The number of hydrogen-bond donors (Lipinski definition) is 5. The first-order valence-electron chi connectivity index (χ1n) is 11.3. The Morgan fingerprint density at radius 3 is 2.67 bits per heavy atom. The van der Waals surface area contributed by atoms with Gasteiger partial charge in [0.15, 0.2) is 11.4 Å². The minimum Gasteiger partial charge on any atom is -0.458 e. The van der Waals surface area contributed by atoms with E-state index in [2.05, 4.69) is 15.6 Å². The molecule has 0 saturated carbocycles. The number of aliphatic hydroxyl groups is 1. The van der Waals surface area contributed by atoms with Gasteiger partial charge in [-0.25, -0.2) is 14.2 Å². The third-order valence-corrected chi connectivity index (χ3v) is 7.53. The number of halogens is 1. The molecule has 2 aliphatic heterocycles. The van der Waals surface area contributed by atoms with E-state index in [4.69, 9.17) is 14.5 Å². The number of carbonyl (C=O) groups is 1. The van der Waals surface area contributed by atoms with Crippen LogP contribution >= 0.6 is 7.60 Å². The molecule has 4 heterocycles. The SMILES string of the molecule is CC[C@@]1(O)C(=O)OCc2c1cc1n(c2=O)Cc2cc3c(NC)c(NCCP(=O)(O)O)c(F)cc3nc2-1. The second kappa shape index (κ2) is 8.38. The molecular formula is C23H24FN4O7P. The van der Waals surface area contributed by atoms with Crippen molar-refractivity contribution in [1.29, 1.82) is 0 Å². The molecule has 0 amide bonds.